The average Bonchev–Trinajstić information content (AvgIpc) is 2.92. The fourth-order valence-electron chi connectivity index (χ4n) is 3.29. The van der Waals surface area contributed by atoms with E-state index in [0.29, 0.717) is 33.1 Å². The van der Waals surface area contributed by atoms with Gasteiger partial charge in [-0.15, -0.1) is 10.2 Å². The molecule has 1 amide bonds. The van der Waals surface area contributed by atoms with Crippen LogP contribution in [0.15, 0.2) is 119 Å². The van der Waals surface area contributed by atoms with Crippen molar-refractivity contribution in [2.24, 2.45) is 10.2 Å². The number of aliphatic hydroxyl groups is 1. The number of azo groups is 1. The second-order valence-electron chi connectivity index (χ2n) is 7.49. The molecule has 0 radical (unpaired) electrons. The molecule has 0 aliphatic carbocycles. The summed E-state index contributed by atoms with van der Waals surface area (Å²) < 4.78 is 0. The number of nitrogens with one attached hydrogen (secondary N) is 1. The molecule has 4 aromatic carbocycles. The second kappa shape index (κ2) is 10.7. The summed E-state index contributed by atoms with van der Waals surface area (Å²) in [5.74, 6) is -1.40. The number of anilines is 1. The van der Waals surface area contributed by atoms with Crippen LogP contribution in [-0.2, 0) is 15.2 Å². The predicted octanol–water partition coefficient (Wildman–Crippen LogP) is 6.07. The number of benzene rings is 4. The molecule has 7 nitrogen and oxygen atoms in total. The maximum atomic E-state index is 13.1. The molecule has 0 aromatic heterocycles. The van der Waals surface area contributed by atoms with E-state index < -0.39 is 17.5 Å². The van der Waals surface area contributed by atoms with E-state index in [9.17, 15) is 14.7 Å². The van der Waals surface area contributed by atoms with E-state index in [2.05, 4.69) is 15.7 Å². The van der Waals surface area contributed by atoms with Gasteiger partial charge in [0.2, 0.25) is 0 Å². The predicted molar refractivity (Wildman–Crippen MR) is 132 cm³/mol. The van der Waals surface area contributed by atoms with Crippen molar-refractivity contribution in [3.8, 4) is 0 Å². The summed E-state index contributed by atoms with van der Waals surface area (Å²) in [6, 6.07) is 29.8. The zero-order chi connectivity index (χ0) is 24.7. The summed E-state index contributed by atoms with van der Waals surface area (Å²) in [4.78, 5) is 30.2. The van der Waals surface area contributed by atoms with Crippen LogP contribution in [0.1, 0.15) is 21.5 Å². The molecule has 8 heteroatoms. The van der Waals surface area contributed by atoms with E-state index in [1.807, 2.05) is 0 Å². The van der Waals surface area contributed by atoms with Gasteiger partial charge < -0.3 is 9.94 Å². The third-order valence-electron chi connectivity index (χ3n) is 5.16. The highest BCUT2D eigenvalue weighted by Gasteiger charge is 2.40. The minimum atomic E-state index is -1.98. The Balaban J connectivity index is 1.45. The summed E-state index contributed by atoms with van der Waals surface area (Å²) in [6.45, 7) is 0. The number of halogens is 1. The van der Waals surface area contributed by atoms with E-state index in [0.717, 1.165) is 0 Å². The molecule has 0 bridgehead atoms. The van der Waals surface area contributed by atoms with E-state index in [1.54, 1.807) is 109 Å². The van der Waals surface area contributed by atoms with Crippen LogP contribution in [0.5, 0.6) is 0 Å². The van der Waals surface area contributed by atoms with Gasteiger partial charge in [-0.3, -0.25) is 4.79 Å². The van der Waals surface area contributed by atoms with E-state index >= 15 is 0 Å². The Morgan fingerprint density at radius 2 is 1.31 bits per heavy atom. The molecule has 4 aromatic rings. The Hall–Kier alpha value is -4.33. The monoisotopic (exact) mass is 485 g/mol. The van der Waals surface area contributed by atoms with Gasteiger partial charge in [0.1, 0.15) is 0 Å². The van der Waals surface area contributed by atoms with Crippen LogP contribution >= 0.6 is 11.6 Å². The van der Waals surface area contributed by atoms with Gasteiger partial charge >= 0.3 is 11.9 Å². The topological polar surface area (TPSA) is 100 Å². The highest BCUT2D eigenvalue weighted by atomic mass is 35.5. The van der Waals surface area contributed by atoms with Crippen LogP contribution in [0.3, 0.4) is 0 Å². The van der Waals surface area contributed by atoms with Crippen molar-refractivity contribution in [1.82, 2.24) is 0 Å². The van der Waals surface area contributed by atoms with Gasteiger partial charge in [0.25, 0.3) is 0 Å². The Bertz CT molecular complexity index is 1290. The van der Waals surface area contributed by atoms with Crippen LogP contribution in [0.2, 0.25) is 5.02 Å². The molecular weight excluding hydrogens is 466 g/mol. The van der Waals surface area contributed by atoms with Gasteiger partial charge in [0.15, 0.2) is 5.60 Å². The highest BCUT2D eigenvalue weighted by molar-refractivity contribution is 6.30. The van der Waals surface area contributed by atoms with Crippen molar-refractivity contribution in [2.45, 2.75) is 5.60 Å². The molecule has 0 aliphatic rings. The molecule has 4 rings (SSSR count). The highest BCUT2D eigenvalue weighted by Crippen LogP contribution is 2.31. The maximum absolute atomic E-state index is 13.1. The normalized spacial score (nSPS) is 11.3. The number of carbonyl (C=O) groups excluding carboxylic acids is 2. The first-order chi connectivity index (χ1) is 17.0. The molecule has 0 fully saturated rings. The number of nitrogens with zero attached hydrogens (tertiary/aromatic N) is 2. The van der Waals surface area contributed by atoms with Gasteiger partial charge in [-0.1, -0.05) is 72.3 Å². The van der Waals surface area contributed by atoms with Gasteiger partial charge in [0, 0.05) is 5.02 Å². The zero-order valence-corrected chi connectivity index (χ0v) is 19.1. The number of amides is 1. The fourth-order valence-corrected chi connectivity index (χ4v) is 3.42. The van der Waals surface area contributed by atoms with Crippen molar-refractivity contribution in [1.29, 1.82) is 0 Å². The minimum Gasteiger partial charge on any atom is -0.372 e. The summed E-state index contributed by atoms with van der Waals surface area (Å²) in [6.07, 6.45) is 0. The smallest absolute Gasteiger partial charge is 0.362 e. The molecule has 174 valence electrons. The Morgan fingerprint density at radius 3 is 1.86 bits per heavy atom. The Kier molecular flexibility index (Phi) is 7.30. The molecule has 2 N–H and O–H groups in total. The third-order valence-corrected chi connectivity index (χ3v) is 5.41. The molecular formula is C27H20ClN3O4. The lowest BCUT2D eigenvalue weighted by atomic mass is 9.86. The van der Waals surface area contributed by atoms with Gasteiger partial charge in [-0.2, -0.15) is 0 Å². The van der Waals surface area contributed by atoms with E-state index in [-0.39, 0.29) is 0 Å². The van der Waals surface area contributed by atoms with Crippen LogP contribution in [0.4, 0.5) is 11.4 Å². The van der Waals surface area contributed by atoms with E-state index in [1.165, 1.54) is 0 Å². The quantitative estimate of drug-likeness (QED) is 0.244. The molecule has 0 spiro atoms. The Morgan fingerprint density at radius 1 is 0.771 bits per heavy atom. The lowest BCUT2D eigenvalue weighted by Crippen LogP contribution is -2.35. The molecule has 0 saturated carbocycles. The SMILES string of the molecule is O=C(ONc1ccc(N=NC(=O)C(O)(c2ccccc2)c2ccccc2)cc1)c1ccc(Cl)cc1. The largest absolute Gasteiger partial charge is 0.372 e. The van der Waals surface area contributed by atoms with Crippen LogP contribution in [0.25, 0.3) is 0 Å². The Labute approximate surface area is 206 Å². The molecule has 0 atom stereocenters. The van der Waals surface area contributed by atoms with Crippen molar-refractivity contribution >= 4 is 34.9 Å². The van der Waals surface area contributed by atoms with Crippen molar-refractivity contribution in [3.63, 3.8) is 0 Å². The van der Waals surface area contributed by atoms with Crippen LogP contribution < -0.4 is 5.48 Å². The summed E-state index contributed by atoms with van der Waals surface area (Å²) in [5.41, 5.74) is 2.55. The first-order valence-electron chi connectivity index (χ1n) is 10.6. The zero-order valence-electron chi connectivity index (χ0n) is 18.3. The third kappa shape index (κ3) is 5.60. The average molecular weight is 486 g/mol. The van der Waals surface area contributed by atoms with Gasteiger partial charge in [-0.05, 0) is 59.7 Å². The molecule has 0 unspecified atom stereocenters. The first kappa shape index (κ1) is 23.8. The number of rotatable bonds is 7. The fraction of sp³-hybridized carbons (Fsp3) is 0.0370. The summed E-state index contributed by atoms with van der Waals surface area (Å²) in [7, 11) is 0. The maximum Gasteiger partial charge on any atom is 0.362 e. The van der Waals surface area contributed by atoms with Crippen molar-refractivity contribution in [2.75, 3.05) is 5.48 Å². The molecule has 0 heterocycles. The number of hydrogen-bond donors (Lipinski definition) is 2. The van der Waals surface area contributed by atoms with Gasteiger partial charge in [-0.25, -0.2) is 10.3 Å². The minimum absolute atomic E-state index is 0.343. The summed E-state index contributed by atoms with van der Waals surface area (Å²) in [5, 5.41) is 19.7. The van der Waals surface area contributed by atoms with E-state index in [4.69, 9.17) is 16.4 Å². The first-order valence-corrected chi connectivity index (χ1v) is 11.0. The number of hydrogen-bond acceptors (Lipinski definition) is 6. The molecule has 0 aliphatic heterocycles. The standard InChI is InChI=1S/C27H20ClN3O4/c28-22-13-11-19(12-14-22)25(32)35-31-24-17-15-23(16-18-24)29-30-26(33)27(34,20-7-3-1-4-8-20)21-9-5-2-6-10-21/h1-18,31,34H. The van der Waals surface area contributed by atoms with Crippen molar-refractivity contribution in [3.05, 3.63) is 131 Å². The molecule has 0 saturated heterocycles. The van der Waals surface area contributed by atoms with Crippen molar-refractivity contribution < 1.29 is 19.5 Å². The lowest BCUT2D eigenvalue weighted by molar-refractivity contribution is -0.133. The number of carbonyl (C=O) groups is 2. The lowest BCUT2D eigenvalue weighted by Gasteiger charge is -2.25. The second-order valence-corrected chi connectivity index (χ2v) is 7.93. The summed E-state index contributed by atoms with van der Waals surface area (Å²) >= 11 is 5.82. The van der Waals surface area contributed by atoms with Crippen LogP contribution in [-0.4, -0.2) is 17.0 Å². The van der Waals surface area contributed by atoms with Gasteiger partial charge in [0.05, 0.1) is 16.9 Å². The molecule has 35 heavy (non-hydrogen) atoms. The van der Waals surface area contributed by atoms with Crippen LogP contribution in [0, 0.1) is 0 Å².